The predicted octanol–water partition coefficient (Wildman–Crippen LogP) is 2.71. The molecule has 3 rings (SSSR count). The van der Waals surface area contributed by atoms with Crippen LogP contribution < -0.4 is 0 Å². The van der Waals surface area contributed by atoms with E-state index in [4.69, 9.17) is 4.84 Å². The van der Waals surface area contributed by atoms with Crippen molar-refractivity contribution in [2.45, 2.75) is 12.8 Å². The number of carbonyl (C=O) groups excluding carboxylic acids is 1. The molecule has 94 valence electrons. The minimum Gasteiger partial charge on any atom is -0.322 e. The van der Waals surface area contributed by atoms with E-state index in [0.29, 0.717) is 13.2 Å². The molecule has 1 amide bonds. The van der Waals surface area contributed by atoms with Crippen LogP contribution in [0.2, 0.25) is 0 Å². The molecule has 0 bridgehead atoms. The lowest BCUT2D eigenvalue weighted by molar-refractivity contribution is -0.143. The van der Waals surface area contributed by atoms with E-state index in [-0.39, 0.29) is 5.91 Å². The maximum absolute atomic E-state index is 12.4. The molecule has 18 heavy (non-hydrogen) atoms. The van der Waals surface area contributed by atoms with Gasteiger partial charge in [-0.2, -0.15) is 0 Å². The van der Waals surface area contributed by atoms with Crippen LogP contribution in [0.5, 0.6) is 0 Å². The fraction of sp³-hybridized carbons (Fsp3) is 0.308. The van der Waals surface area contributed by atoms with Gasteiger partial charge in [0.15, 0.2) is 0 Å². The fourth-order valence-corrected chi connectivity index (χ4v) is 2.86. The summed E-state index contributed by atoms with van der Waals surface area (Å²) in [5.74, 6) is -0.0339. The zero-order valence-corrected chi connectivity index (χ0v) is 10.7. The Morgan fingerprint density at radius 3 is 2.83 bits per heavy atom. The van der Waals surface area contributed by atoms with Gasteiger partial charge in [0.2, 0.25) is 0 Å². The average Bonchev–Trinajstić information content (AvgIpc) is 3.09. The van der Waals surface area contributed by atoms with Crippen LogP contribution in [0.4, 0.5) is 0 Å². The number of aromatic nitrogens is 1. The molecule has 4 nitrogen and oxygen atoms in total. The Bertz CT molecular complexity index is 527. The Hall–Kier alpha value is -1.59. The second-order valence-corrected chi connectivity index (χ2v) is 5.09. The van der Waals surface area contributed by atoms with Gasteiger partial charge in [0.1, 0.15) is 4.88 Å². The van der Waals surface area contributed by atoms with Crippen LogP contribution in [0, 0.1) is 0 Å². The normalized spacial score (nSPS) is 15.9. The van der Waals surface area contributed by atoms with Gasteiger partial charge >= 0.3 is 0 Å². The number of hydrogen-bond donors (Lipinski definition) is 0. The molecule has 0 unspecified atom stereocenters. The fourth-order valence-electron chi connectivity index (χ4n) is 2.03. The molecule has 2 aromatic heterocycles. The van der Waals surface area contributed by atoms with Gasteiger partial charge in [-0.3, -0.25) is 9.63 Å². The van der Waals surface area contributed by atoms with Crippen LogP contribution in [0.3, 0.4) is 0 Å². The molecule has 1 saturated heterocycles. The summed E-state index contributed by atoms with van der Waals surface area (Å²) in [6, 6.07) is 5.86. The average molecular weight is 262 g/mol. The molecule has 5 heteroatoms. The molecule has 1 aliphatic rings. The van der Waals surface area contributed by atoms with Gasteiger partial charge in [0.25, 0.3) is 5.91 Å². The highest BCUT2D eigenvalue weighted by Crippen LogP contribution is 2.24. The van der Waals surface area contributed by atoms with E-state index in [1.165, 1.54) is 16.4 Å². The van der Waals surface area contributed by atoms with Crippen molar-refractivity contribution in [2.75, 3.05) is 13.2 Å². The molecule has 2 aromatic rings. The second kappa shape index (κ2) is 4.96. The number of carbonyl (C=O) groups is 1. The summed E-state index contributed by atoms with van der Waals surface area (Å²) in [6.07, 6.45) is 5.92. The van der Waals surface area contributed by atoms with Gasteiger partial charge in [-0.1, -0.05) is 0 Å². The van der Waals surface area contributed by atoms with Crippen molar-refractivity contribution >= 4 is 17.2 Å². The maximum atomic E-state index is 12.4. The lowest BCUT2D eigenvalue weighted by atomic mass is 10.3. The first-order chi connectivity index (χ1) is 8.86. The zero-order chi connectivity index (χ0) is 12.4. The van der Waals surface area contributed by atoms with E-state index < -0.39 is 0 Å². The summed E-state index contributed by atoms with van der Waals surface area (Å²) in [5.41, 5.74) is 0.921. The number of rotatable bonds is 2. The molecule has 3 heterocycles. The molecule has 1 aliphatic heterocycles. The van der Waals surface area contributed by atoms with E-state index in [2.05, 4.69) is 0 Å². The standard InChI is InChI=1S/C13H14N2O2S/c16-13(15-8-3-4-9-17-15)12-11(5-10-18-12)14-6-1-2-7-14/h1-2,5-7,10H,3-4,8-9H2. The van der Waals surface area contributed by atoms with Gasteiger partial charge < -0.3 is 4.57 Å². The van der Waals surface area contributed by atoms with Gasteiger partial charge in [0.05, 0.1) is 12.3 Å². The van der Waals surface area contributed by atoms with Crippen molar-refractivity contribution in [3.63, 3.8) is 0 Å². The Morgan fingerprint density at radius 1 is 1.28 bits per heavy atom. The van der Waals surface area contributed by atoms with Gasteiger partial charge in [0, 0.05) is 18.9 Å². The van der Waals surface area contributed by atoms with Crippen molar-refractivity contribution in [2.24, 2.45) is 0 Å². The van der Waals surface area contributed by atoms with Crippen LogP contribution in [-0.2, 0) is 4.84 Å². The first-order valence-electron chi connectivity index (χ1n) is 6.02. The van der Waals surface area contributed by atoms with Crippen molar-refractivity contribution in [1.82, 2.24) is 9.63 Å². The molecule has 0 aromatic carbocycles. The molecule has 0 atom stereocenters. The summed E-state index contributed by atoms with van der Waals surface area (Å²) in [4.78, 5) is 18.5. The minimum atomic E-state index is -0.0339. The number of hydrogen-bond acceptors (Lipinski definition) is 3. The smallest absolute Gasteiger partial charge is 0.289 e. The number of amides is 1. The third kappa shape index (κ3) is 2.07. The molecule has 1 fully saturated rings. The predicted molar refractivity (Wildman–Crippen MR) is 69.9 cm³/mol. The van der Waals surface area contributed by atoms with E-state index in [1.54, 1.807) is 0 Å². The highest BCUT2D eigenvalue weighted by Gasteiger charge is 2.23. The largest absolute Gasteiger partial charge is 0.322 e. The summed E-state index contributed by atoms with van der Waals surface area (Å²) in [6.45, 7) is 1.32. The number of nitrogens with zero attached hydrogens (tertiary/aromatic N) is 2. The van der Waals surface area contributed by atoms with Crippen LogP contribution >= 0.6 is 11.3 Å². The summed E-state index contributed by atoms with van der Waals surface area (Å²) in [5, 5.41) is 3.43. The van der Waals surface area contributed by atoms with Crippen LogP contribution in [-0.4, -0.2) is 28.7 Å². The van der Waals surface area contributed by atoms with Crippen LogP contribution in [0.25, 0.3) is 5.69 Å². The van der Waals surface area contributed by atoms with Crippen molar-refractivity contribution in [1.29, 1.82) is 0 Å². The van der Waals surface area contributed by atoms with Crippen molar-refractivity contribution < 1.29 is 9.63 Å². The quantitative estimate of drug-likeness (QED) is 0.834. The van der Waals surface area contributed by atoms with E-state index in [9.17, 15) is 4.79 Å². The number of thiophene rings is 1. The molecule has 0 N–H and O–H groups in total. The summed E-state index contributed by atoms with van der Waals surface area (Å²) < 4.78 is 1.95. The first-order valence-corrected chi connectivity index (χ1v) is 6.90. The molecule has 0 spiro atoms. The van der Waals surface area contributed by atoms with Crippen molar-refractivity contribution in [3.8, 4) is 5.69 Å². The summed E-state index contributed by atoms with van der Waals surface area (Å²) >= 11 is 1.46. The third-order valence-corrected chi connectivity index (χ3v) is 3.84. The highest BCUT2D eigenvalue weighted by molar-refractivity contribution is 7.12. The topological polar surface area (TPSA) is 34.5 Å². The Balaban J connectivity index is 1.88. The number of hydroxylamine groups is 2. The van der Waals surface area contributed by atoms with Gasteiger partial charge in [-0.25, -0.2) is 5.06 Å². The lowest BCUT2D eigenvalue weighted by Crippen LogP contribution is -2.35. The Morgan fingerprint density at radius 2 is 2.11 bits per heavy atom. The SMILES string of the molecule is O=C(c1sccc1-n1cccc1)N1CCCCO1. The first kappa shape index (κ1) is 11.5. The second-order valence-electron chi connectivity index (χ2n) is 4.17. The van der Waals surface area contributed by atoms with Gasteiger partial charge in [-0.15, -0.1) is 11.3 Å². The Labute approximate surface area is 109 Å². The molecule has 0 aliphatic carbocycles. The summed E-state index contributed by atoms with van der Waals surface area (Å²) in [7, 11) is 0. The molecular weight excluding hydrogens is 248 g/mol. The zero-order valence-electron chi connectivity index (χ0n) is 9.91. The lowest BCUT2D eigenvalue weighted by Gasteiger charge is -2.25. The third-order valence-electron chi connectivity index (χ3n) is 2.95. The van der Waals surface area contributed by atoms with Crippen LogP contribution in [0.1, 0.15) is 22.5 Å². The van der Waals surface area contributed by atoms with E-state index in [0.717, 1.165) is 23.4 Å². The van der Waals surface area contributed by atoms with Gasteiger partial charge in [-0.05, 0) is 36.4 Å². The Kier molecular flexibility index (Phi) is 3.17. The minimum absolute atomic E-state index is 0.0339. The maximum Gasteiger partial charge on any atom is 0.289 e. The molecular formula is C13H14N2O2S. The van der Waals surface area contributed by atoms with E-state index >= 15 is 0 Å². The van der Waals surface area contributed by atoms with Crippen LogP contribution in [0.15, 0.2) is 36.0 Å². The molecule has 0 radical (unpaired) electrons. The monoisotopic (exact) mass is 262 g/mol. The molecule has 0 saturated carbocycles. The highest BCUT2D eigenvalue weighted by atomic mass is 32.1. The van der Waals surface area contributed by atoms with E-state index in [1.807, 2.05) is 40.5 Å². The van der Waals surface area contributed by atoms with Crippen molar-refractivity contribution in [3.05, 3.63) is 40.8 Å².